The zero-order chi connectivity index (χ0) is 13.0. The van der Waals surface area contributed by atoms with Gasteiger partial charge < -0.3 is 15.4 Å². The Morgan fingerprint density at radius 2 is 2.17 bits per heavy atom. The fourth-order valence-corrected chi connectivity index (χ4v) is 2.06. The summed E-state index contributed by atoms with van der Waals surface area (Å²) >= 11 is 0. The van der Waals surface area contributed by atoms with Crippen LogP contribution in [-0.2, 0) is 4.74 Å². The van der Waals surface area contributed by atoms with E-state index in [2.05, 4.69) is 6.58 Å². The SMILES string of the molecule is C=CCOC(=O)N1CC(C(N)c2ccccc2)C1. The Morgan fingerprint density at radius 1 is 1.50 bits per heavy atom. The van der Waals surface area contributed by atoms with E-state index in [9.17, 15) is 4.79 Å². The van der Waals surface area contributed by atoms with E-state index in [0.717, 1.165) is 5.56 Å². The van der Waals surface area contributed by atoms with Gasteiger partial charge in [0.15, 0.2) is 0 Å². The van der Waals surface area contributed by atoms with Crippen LogP contribution in [-0.4, -0.2) is 30.7 Å². The van der Waals surface area contributed by atoms with E-state index in [1.54, 1.807) is 11.0 Å². The molecule has 2 N–H and O–H groups in total. The summed E-state index contributed by atoms with van der Waals surface area (Å²) in [5.74, 6) is 0.309. The lowest BCUT2D eigenvalue weighted by Gasteiger charge is -2.41. The Labute approximate surface area is 107 Å². The molecule has 1 aliphatic rings. The van der Waals surface area contributed by atoms with Gasteiger partial charge in [-0.05, 0) is 5.56 Å². The van der Waals surface area contributed by atoms with Gasteiger partial charge >= 0.3 is 6.09 Å². The summed E-state index contributed by atoms with van der Waals surface area (Å²) in [5, 5.41) is 0. The highest BCUT2D eigenvalue weighted by molar-refractivity contribution is 5.68. The standard InChI is InChI=1S/C14H18N2O2/c1-2-8-18-14(17)16-9-12(10-16)13(15)11-6-4-3-5-7-11/h2-7,12-13H,1,8-10,15H2. The third kappa shape index (κ3) is 2.71. The van der Waals surface area contributed by atoms with Crippen molar-refractivity contribution in [3.05, 3.63) is 48.6 Å². The number of hydrogen-bond donors (Lipinski definition) is 1. The zero-order valence-corrected chi connectivity index (χ0v) is 10.3. The maximum absolute atomic E-state index is 11.5. The summed E-state index contributed by atoms with van der Waals surface area (Å²) in [4.78, 5) is 13.2. The van der Waals surface area contributed by atoms with Gasteiger partial charge in [0.05, 0.1) is 0 Å². The smallest absolute Gasteiger partial charge is 0.410 e. The molecule has 96 valence electrons. The van der Waals surface area contributed by atoms with E-state index in [0.29, 0.717) is 19.0 Å². The summed E-state index contributed by atoms with van der Waals surface area (Å²) in [6.07, 6.45) is 1.27. The molecule has 0 aliphatic carbocycles. The van der Waals surface area contributed by atoms with Gasteiger partial charge in [-0.2, -0.15) is 0 Å². The Morgan fingerprint density at radius 3 is 2.78 bits per heavy atom. The maximum Gasteiger partial charge on any atom is 0.410 e. The molecule has 1 aliphatic heterocycles. The fourth-order valence-electron chi connectivity index (χ4n) is 2.06. The molecule has 2 rings (SSSR count). The molecule has 0 radical (unpaired) electrons. The average molecular weight is 246 g/mol. The van der Waals surface area contributed by atoms with Gasteiger partial charge in [-0.25, -0.2) is 4.79 Å². The van der Waals surface area contributed by atoms with Crippen LogP contribution in [0, 0.1) is 5.92 Å². The number of amides is 1. The first kappa shape index (κ1) is 12.6. The normalized spacial score (nSPS) is 16.8. The van der Waals surface area contributed by atoms with Gasteiger partial charge in [0.1, 0.15) is 6.61 Å². The highest BCUT2D eigenvalue weighted by atomic mass is 16.6. The second kappa shape index (κ2) is 5.69. The van der Waals surface area contributed by atoms with Crippen LogP contribution in [0.25, 0.3) is 0 Å². The van der Waals surface area contributed by atoms with Crippen molar-refractivity contribution in [3.63, 3.8) is 0 Å². The Hall–Kier alpha value is -1.81. The Balaban J connectivity index is 1.82. The number of benzene rings is 1. The second-order valence-electron chi connectivity index (χ2n) is 4.47. The van der Waals surface area contributed by atoms with Crippen molar-refractivity contribution in [2.45, 2.75) is 6.04 Å². The summed E-state index contributed by atoms with van der Waals surface area (Å²) in [6, 6.07) is 9.94. The highest BCUT2D eigenvalue weighted by Crippen LogP contribution is 2.28. The van der Waals surface area contributed by atoms with Crippen molar-refractivity contribution in [1.82, 2.24) is 4.90 Å². The first-order valence-corrected chi connectivity index (χ1v) is 6.05. The lowest BCUT2D eigenvalue weighted by molar-refractivity contribution is 0.0517. The van der Waals surface area contributed by atoms with Gasteiger partial charge in [0.25, 0.3) is 0 Å². The Bertz CT molecular complexity index is 413. The van der Waals surface area contributed by atoms with Crippen LogP contribution < -0.4 is 5.73 Å². The maximum atomic E-state index is 11.5. The first-order chi connectivity index (χ1) is 8.72. The van der Waals surface area contributed by atoms with Gasteiger partial charge in [0.2, 0.25) is 0 Å². The quantitative estimate of drug-likeness (QED) is 0.826. The lowest BCUT2D eigenvalue weighted by Crippen LogP contribution is -2.53. The number of likely N-dealkylation sites (tertiary alicyclic amines) is 1. The van der Waals surface area contributed by atoms with Crippen LogP contribution in [0.5, 0.6) is 0 Å². The minimum Gasteiger partial charge on any atom is -0.445 e. The van der Waals surface area contributed by atoms with Crippen molar-refractivity contribution in [1.29, 1.82) is 0 Å². The minimum absolute atomic E-state index is 0.0188. The van der Waals surface area contributed by atoms with E-state index in [1.807, 2.05) is 30.3 Å². The van der Waals surface area contributed by atoms with Crippen LogP contribution in [0.4, 0.5) is 4.79 Å². The Kier molecular flexibility index (Phi) is 3.99. The topological polar surface area (TPSA) is 55.6 Å². The molecule has 4 nitrogen and oxygen atoms in total. The molecule has 0 spiro atoms. The van der Waals surface area contributed by atoms with E-state index in [4.69, 9.17) is 10.5 Å². The number of nitrogens with zero attached hydrogens (tertiary/aromatic N) is 1. The minimum atomic E-state index is -0.286. The fraction of sp³-hybridized carbons (Fsp3) is 0.357. The zero-order valence-electron chi connectivity index (χ0n) is 10.3. The predicted octanol–water partition coefficient (Wildman–Crippen LogP) is 1.94. The summed E-state index contributed by atoms with van der Waals surface area (Å²) in [7, 11) is 0. The summed E-state index contributed by atoms with van der Waals surface area (Å²) in [5.41, 5.74) is 7.28. The first-order valence-electron chi connectivity index (χ1n) is 6.05. The summed E-state index contributed by atoms with van der Waals surface area (Å²) in [6.45, 7) is 5.08. The third-order valence-corrected chi connectivity index (χ3v) is 3.18. The van der Waals surface area contributed by atoms with E-state index in [1.165, 1.54) is 0 Å². The molecular weight excluding hydrogens is 228 g/mol. The number of hydrogen-bond acceptors (Lipinski definition) is 3. The van der Waals surface area contributed by atoms with Gasteiger partial charge in [-0.15, -0.1) is 0 Å². The molecule has 0 bridgehead atoms. The highest BCUT2D eigenvalue weighted by Gasteiger charge is 2.35. The van der Waals surface area contributed by atoms with Crippen LogP contribution in [0.3, 0.4) is 0 Å². The molecule has 18 heavy (non-hydrogen) atoms. The molecular formula is C14H18N2O2. The number of ether oxygens (including phenoxy) is 1. The molecule has 1 heterocycles. The van der Waals surface area contributed by atoms with Crippen molar-refractivity contribution < 1.29 is 9.53 Å². The molecule has 1 atom stereocenters. The monoisotopic (exact) mass is 246 g/mol. The third-order valence-electron chi connectivity index (χ3n) is 3.18. The second-order valence-corrected chi connectivity index (χ2v) is 4.47. The van der Waals surface area contributed by atoms with Crippen LogP contribution >= 0.6 is 0 Å². The van der Waals surface area contributed by atoms with Crippen molar-refractivity contribution in [2.24, 2.45) is 11.7 Å². The van der Waals surface area contributed by atoms with Crippen molar-refractivity contribution in [3.8, 4) is 0 Å². The van der Waals surface area contributed by atoms with Crippen LogP contribution in [0.15, 0.2) is 43.0 Å². The molecule has 1 aromatic carbocycles. The number of carbonyl (C=O) groups is 1. The number of rotatable bonds is 4. The molecule has 4 heteroatoms. The van der Waals surface area contributed by atoms with Crippen molar-refractivity contribution in [2.75, 3.05) is 19.7 Å². The lowest BCUT2D eigenvalue weighted by atomic mass is 9.88. The molecule has 1 aromatic rings. The molecule has 1 unspecified atom stereocenters. The predicted molar refractivity (Wildman–Crippen MR) is 70.0 cm³/mol. The average Bonchev–Trinajstić information content (AvgIpc) is 2.35. The largest absolute Gasteiger partial charge is 0.445 e. The van der Waals surface area contributed by atoms with Gasteiger partial charge in [-0.1, -0.05) is 43.0 Å². The van der Waals surface area contributed by atoms with Crippen LogP contribution in [0.2, 0.25) is 0 Å². The number of nitrogens with two attached hydrogens (primary N) is 1. The van der Waals surface area contributed by atoms with E-state index in [-0.39, 0.29) is 18.7 Å². The van der Waals surface area contributed by atoms with Crippen LogP contribution in [0.1, 0.15) is 11.6 Å². The molecule has 1 amide bonds. The van der Waals surface area contributed by atoms with Gasteiger partial charge in [-0.3, -0.25) is 0 Å². The molecule has 0 saturated carbocycles. The molecule has 0 aromatic heterocycles. The molecule has 1 saturated heterocycles. The van der Waals surface area contributed by atoms with Crippen molar-refractivity contribution >= 4 is 6.09 Å². The summed E-state index contributed by atoms with van der Waals surface area (Å²) < 4.78 is 4.96. The van der Waals surface area contributed by atoms with E-state index >= 15 is 0 Å². The van der Waals surface area contributed by atoms with E-state index < -0.39 is 0 Å². The van der Waals surface area contributed by atoms with Gasteiger partial charge in [0, 0.05) is 25.0 Å². The number of carbonyl (C=O) groups excluding carboxylic acids is 1. The molecule has 1 fully saturated rings.